The maximum absolute atomic E-state index is 4.52. The fraction of sp³-hybridized carbons (Fsp3) is 0.857. The van der Waals surface area contributed by atoms with E-state index in [1.165, 1.54) is 0 Å². The molecule has 0 spiro atoms. The van der Waals surface area contributed by atoms with Gasteiger partial charge in [0.15, 0.2) is 5.82 Å². The van der Waals surface area contributed by atoms with E-state index in [1.807, 2.05) is 4.68 Å². The summed E-state index contributed by atoms with van der Waals surface area (Å²) in [4.78, 5) is 6.94. The molecule has 0 aliphatic rings. The van der Waals surface area contributed by atoms with Gasteiger partial charge in [0.2, 0.25) is 0 Å². The molecule has 19 heavy (non-hydrogen) atoms. The zero-order valence-corrected chi connectivity index (χ0v) is 12.9. The first-order valence-corrected chi connectivity index (χ1v) is 7.60. The van der Waals surface area contributed by atoms with Crippen molar-refractivity contribution in [3.63, 3.8) is 0 Å². The van der Waals surface area contributed by atoms with E-state index in [-0.39, 0.29) is 0 Å². The normalized spacial score (nSPS) is 11.4. The molecule has 0 saturated heterocycles. The number of aryl methyl sites for hydroxylation is 2. The summed E-state index contributed by atoms with van der Waals surface area (Å²) < 4.78 is 2.04. The van der Waals surface area contributed by atoms with Gasteiger partial charge in [-0.2, -0.15) is 5.10 Å². The quantitative estimate of drug-likeness (QED) is 0.650. The molecule has 0 aliphatic carbocycles. The number of aromatic nitrogens is 3. The second-order valence-corrected chi connectivity index (χ2v) is 4.65. The average molecular weight is 267 g/mol. The Bertz CT molecular complexity index is 344. The van der Waals surface area contributed by atoms with Crippen LogP contribution in [-0.2, 0) is 19.4 Å². The van der Waals surface area contributed by atoms with Crippen LogP contribution in [0, 0.1) is 0 Å². The molecule has 1 rings (SSSR count). The summed E-state index contributed by atoms with van der Waals surface area (Å²) in [6, 6.07) is 0. The number of hydrogen-bond acceptors (Lipinski definition) is 4. The predicted molar refractivity (Wildman–Crippen MR) is 79.4 cm³/mol. The molecule has 5 heteroatoms. The van der Waals surface area contributed by atoms with Crippen LogP contribution in [0.1, 0.15) is 39.3 Å². The van der Waals surface area contributed by atoms with Gasteiger partial charge in [-0.3, -0.25) is 0 Å². The molecule has 0 amide bonds. The lowest BCUT2D eigenvalue weighted by molar-refractivity contribution is 0.301. The highest BCUT2D eigenvalue weighted by molar-refractivity contribution is 4.92. The van der Waals surface area contributed by atoms with Crippen LogP contribution in [0.3, 0.4) is 0 Å². The third-order valence-electron chi connectivity index (χ3n) is 3.42. The topological polar surface area (TPSA) is 46.0 Å². The molecule has 1 aromatic rings. The molecular formula is C14H29N5. The monoisotopic (exact) mass is 267 g/mol. The average Bonchev–Trinajstić information content (AvgIpc) is 2.85. The number of hydrogen-bond donors (Lipinski definition) is 1. The Labute approximate surface area is 117 Å². The maximum atomic E-state index is 4.52. The summed E-state index contributed by atoms with van der Waals surface area (Å²) in [7, 11) is 0. The minimum absolute atomic E-state index is 0.911. The first-order chi connectivity index (χ1) is 9.24. The summed E-state index contributed by atoms with van der Waals surface area (Å²) >= 11 is 0. The van der Waals surface area contributed by atoms with E-state index in [2.05, 4.69) is 48.0 Å². The number of likely N-dealkylation sites (N-methyl/N-ethyl adjacent to an activating group) is 1. The van der Waals surface area contributed by atoms with Crippen LogP contribution in [0.5, 0.6) is 0 Å². The lowest BCUT2D eigenvalue weighted by Crippen LogP contribution is -2.33. The zero-order valence-electron chi connectivity index (χ0n) is 12.9. The van der Waals surface area contributed by atoms with Gasteiger partial charge in [-0.15, -0.1) is 0 Å². The van der Waals surface area contributed by atoms with Crippen LogP contribution >= 0.6 is 0 Å². The van der Waals surface area contributed by atoms with Crippen molar-refractivity contribution in [2.24, 2.45) is 0 Å². The molecule has 0 fully saturated rings. The zero-order chi connectivity index (χ0) is 14.1. The molecule has 1 aromatic heterocycles. The van der Waals surface area contributed by atoms with Crippen molar-refractivity contribution >= 4 is 0 Å². The van der Waals surface area contributed by atoms with Gasteiger partial charge in [-0.1, -0.05) is 27.7 Å². The second-order valence-electron chi connectivity index (χ2n) is 4.65. The number of rotatable bonds is 10. The molecule has 0 aliphatic heterocycles. The predicted octanol–water partition coefficient (Wildman–Crippen LogP) is 1.33. The fourth-order valence-electron chi connectivity index (χ4n) is 2.10. The van der Waals surface area contributed by atoms with Gasteiger partial charge in [0.05, 0.1) is 6.54 Å². The maximum Gasteiger partial charge on any atom is 0.150 e. The molecule has 0 saturated carbocycles. The molecule has 0 atom stereocenters. The van der Waals surface area contributed by atoms with Crippen molar-refractivity contribution in [3.05, 3.63) is 11.6 Å². The highest BCUT2D eigenvalue weighted by Gasteiger charge is 2.06. The minimum Gasteiger partial charge on any atom is -0.314 e. The van der Waals surface area contributed by atoms with Gasteiger partial charge >= 0.3 is 0 Å². The molecular weight excluding hydrogens is 238 g/mol. The van der Waals surface area contributed by atoms with E-state index >= 15 is 0 Å². The lowest BCUT2D eigenvalue weighted by atomic mass is 10.4. The summed E-state index contributed by atoms with van der Waals surface area (Å²) in [6.07, 6.45) is 1.86. The van der Waals surface area contributed by atoms with Crippen molar-refractivity contribution in [3.8, 4) is 0 Å². The molecule has 0 radical (unpaired) electrons. The van der Waals surface area contributed by atoms with E-state index < -0.39 is 0 Å². The third-order valence-corrected chi connectivity index (χ3v) is 3.42. The number of nitrogens with one attached hydrogen (secondary N) is 1. The standard InChI is InChI=1S/C14H29N5/c1-5-13-16-14(6-2)19(17-13)12-10-15-9-11-18(7-3)8-4/h15H,5-12H2,1-4H3. The largest absolute Gasteiger partial charge is 0.314 e. The van der Waals surface area contributed by atoms with Crippen LogP contribution in [0.2, 0.25) is 0 Å². The molecule has 110 valence electrons. The number of nitrogens with zero attached hydrogens (tertiary/aromatic N) is 4. The summed E-state index contributed by atoms with van der Waals surface area (Å²) in [6.45, 7) is 14.9. The van der Waals surface area contributed by atoms with Crippen LogP contribution in [0.4, 0.5) is 0 Å². The van der Waals surface area contributed by atoms with Gasteiger partial charge in [0.25, 0.3) is 0 Å². The highest BCUT2D eigenvalue weighted by atomic mass is 15.3. The molecule has 0 bridgehead atoms. The Morgan fingerprint density at radius 2 is 1.79 bits per heavy atom. The van der Waals surface area contributed by atoms with Crippen LogP contribution < -0.4 is 5.32 Å². The lowest BCUT2D eigenvalue weighted by Gasteiger charge is -2.18. The Hall–Kier alpha value is -0.940. The Kier molecular flexibility index (Phi) is 7.67. The molecule has 5 nitrogen and oxygen atoms in total. The van der Waals surface area contributed by atoms with E-state index in [4.69, 9.17) is 0 Å². The van der Waals surface area contributed by atoms with Gasteiger partial charge < -0.3 is 10.2 Å². The van der Waals surface area contributed by atoms with Crippen LogP contribution in [0.25, 0.3) is 0 Å². The van der Waals surface area contributed by atoms with E-state index in [9.17, 15) is 0 Å². The van der Waals surface area contributed by atoms with Gasteiger partial charge in [-0.25, -0.2) is 9.67 Å². The van der Waals surface area contributed by atoms with E-state index in [0.717, 1.165) is 63.8 Å². The van der Waals surface area contributed by atoms with E-state index in [0.29, 0.717) is 0 Å². The summed E-state index contributed by atoms with van der Waals surface area (Å²) in [5.74, 6) is 2.06. The van der Waals surface area contributed by atoms with Crippen molar-refractivity contribution in [1.82, 2.24) is 25.0 Å². The molecule has 1 heterocycles. The Morgan fingerprint density at radius 3 is 2.37 bits per heavy atom. The van der Waals surface area contributed by atoms with E-state index in [1.54, 1.807) is 0 Å². The minimum atomic E-state index is 0.911. The fourth-order valence-corrected chi connectivity index (χ4v) is 2.10. The highest BCUT2D eigenvalue weighted by Crippen LogP contribution is 2.00. The van der Waals surface area contributed by atoms with Crippen LogP contribution in [-0.4, -0.2) is 52.4 Å². The van der Waals surface area contributed by atoms with Gasteiger partial charge in [0.1, 0.15) is 5.82 Å². The van der Waals surface area contributed by atoms with Gasteiger partial charge in [0, 0.05) is 32.5 Å². The van der Waals surface area contributed by atoms with Crippen molar-refractivity contribution in [2.75, 3.05) is 32.7 Å². The summed E-state index contributed by atoms with van der Waals surface area (Å²) in [5, 5.41) is 8.00. The first kappa shape index (κ1) is 16.1. The summed E-state index contributed by atoms with van der Waals surface area (Å²) in [5.41, 5.74) is 0. The molecule has 0 aromatic carbocycles. The second kappa shape index (κ2) is 9.04. The Morgan fingerprint density at radius 1 is 1.05 bits per heavy atom. The van der Waals surface area contributed by atoms with Crippen molar-refractivity contribution in [2.45, 2.75) is 47.1 Å². The third kappa shape index (κ3) is 5.28. The SMILES string of the molecule is CCc1nc(CC)n(CCNCCN(CC)CC)n1. The smallest absolute Gasteiger partial charge is 0.150 e. The first-order valence-electron chi connectivity index (χ1n) is 7.60. The molecule has 1 N–H and O–H groups in total. The Balaban J connectivity index is 2.27. The van der Waals surface area contributed by atoms with Crippen molar-refractivity contribution in [1.29, 1.82) is 0 Å². The van der Waals surface area contributed by atoms with Gasteiger partial charge in [-0.05, 0) is 13.1 Å². The van der Waals surface area contributed by atoms with Crippen LogP contribution in [0.15, 0.2) is 0 Å². The molecule has 0 unspecified atom stereocenters. The van der Waals surface area contributed by atoms with Crippen molar-refractivity contribution < 1.29 is 0 Å².